The van der Waals surface area contributed by atoms with E-state index < -0.39 is 0 Å². The zero-order valence-electron chi connectivity index (χ0n) is 12.5. The highest BCUT2D eigenvalue weighted by molar-refractivity contribution is 8.76. The van der Waals surface area contributed by atoms with Crippen LogP contribution in [-0.4, -0.2) is 24.5 Å². The van der Waals surface area contributed by atoms with E-state index in [0.29, 0.717) is 0 Å². The van der Waals surface area contributed by atoms with Crippen molar-refractivity contribution in [2.45, 2.75) is 71.1 Å². The Morgan fingerprint density at radius 3 is 1.89 bits per heavy atom. The lowest BCUT2D eigenvalue weighted by molar-refractivity contribution is -0.109. The number of carbonyl (C=O) groups is 1. The summed E-state index contributed by atoms with van der Waals surface area (Å²) in [5, 5.41) is 2.68. The van der Waals surface area contributed by atoms with Gasteiger partial charge in [0.1, 0.15) is 0 Å². The second-order valence-electron chi connectivity index (χ2n) is 4.90. The second-order valence-corrected chi connectivity index (χ2v) is 7.60. The molecule has 0 heterocycles. The maximum absolute atomic E-state index is 10.0. The minimum atomic E-state index is 0.771. The maximum atomic E-state index is 10.0. The third-order valence-electron chi connectivity index (χ3n) is 3.08. The molecule has 0 radical (unpaired) electrons. The Bertz CT molecular complexity index is 180. The third kappa shape index (κ3) is 18.2. The summed E-state index contributed by atoms with van der Waals surface area (Å²) < 4.78 is 0. The molecule has 4 heteroatoms. The van der Waals surface area contributed by atoms with Crippen LogP contribution in [0.1, 0.15) is 71.1 Å². The van der Waals surface area contributed by atoms with Gasteiger partial charge in [0.05, 0.1) is 0 Å². The summed E-state index contributed by atoms with van der Waals surface area (Å²) in [4.78, 5) is 10.0. The molecule has 0 aromatic carbocycles. The lowest BCUT2D eigenvalue weighted by Gasteiger charge is -2.02. The largest absolute Gasteiger partial charge is 0.358 e. The molecule has 2 nitrogen and oxygen atoms in total. The summed E-state index contributed by atoms with van der Waals surface area (Å²) in [5.41, 5.74) is 0. The molecule has 0 atom stereocenters. The van der Waals surface area contributed by atoms with Gasteiger partial charge in [0, 0.05) is 18.1 Å². The molecule has 0 unspecified atom stereocenters. The van der Waals surface area contributed by atoms with Crippen LogP contribution in [0.25, 0.3) is 0 Å². The summed E-state index contributed by atoms with van der Waals surface area (Å²) in [6, 6.07) is 0. The van der Waals surface area contributed by atoms with Crippen molar-refractivity contribution >= 4 is 28.0 Å². The van der Waals surface area contributed by atoms with Gasteiger partial charge in [0.25, 0.3) is 0 Å². The predicted molar refractivity (Wildman–Crippen MR) is 90.8 cm³/mol. The Hall–Kier alpha value is 0.170. The summed E-state index contributed by atoms with van der Waals surface area (Å²) in [6.45, 7) is 3.06. The fourth-order valence-electron chi connectivity index (χ4n) is 1.93. The number of nitrogens with one attached hydrogen (secondary N) is 1. The highest BCUT2D eigenvalue weighted by Crippen LogP contribution is 2.22. The monoisotopic (exact) mass is 305 g/mol. The van der Waals surface area contributed by atoms with Gasteiger partial charge >= 0.3 is 0 Å². The number of hydrogen-bond acceptors (Lipinski definition) is 3. The Morgan fingerprint density at radius 2 is 1.32 bits per heavy atom. The van der Waals surface area contributed by atoms with Crippen LogP contribution in [0.4, 0.5) is 0 Å². The molecule has 0 aromatic rings. The van der Waals surface area contributed by atoms with Crippen LogP contribution in [-0.2, 0) is 4.79 Å². The fraction of sp³-hybridized carbons (Fsp3) is 0.933. The fourth-order valence-corrected chi connectivity index (χ4v) is 4.00. The minimum Gasteiger partial charge on any atom is -0.358 e. The number of unbranched alkanes of at least 4 members (excludes halogenated alkanes) is 9. The van der Waals surface area contributed by atoms with Crippen LogP contribution in [0, 0.1) is 0 Å². The molecule has 1 amide bonds. The maximum Gasteiger partial charge on any atom is 0.207 e. The van der Waals surface area contributed by atoms with Gasteiger partial charge in [-0.05, 0) is 6.42 Å². The van der Waals surface area contributed by atoms with Crippen molar-refractivity contribution in [1.29, 1.82) is 0 Å². The van der Waals surface area contributed by atoms with Crippen molar-refractivity contribution in [2.24, 2.45) is 0 Å². The van der Waals surface area contributed by atoms with E-state index in [0.717, 1.165) is 18.7 Å². The lowest BCUT2D eigenvalue weighted by Crippen LogP contribution is -2.13. The molecular formula is C15H31NOS2. The molecule has 0 aliphatic rings. The molecule has 1 N–H and O–H groups in total. The van der Waals surface area contributed by atoms with E-state index in [1.165, 1.54) is 70.0 Å². The molecule has 0 rings (SSSR count). The van der Waals surface area contributed by atoms with Crippen molar-refractivity contribution in [3.05, 3.63) is 0 Å². The van der Waals surface area contributed by atoms with E-state index in [1.54, 1.807) is 0 Å². The SMILES string of the molecule is CCCCCCCCCCCCSSCCNC=O. The summed E-state index contributed by atoms with van der Waals surface area (Å²) >= 11 is 0. The Morgan fingerprint density at radius 1 is 0.789 bits per heavy atom. The van der Waals surface area contributed by atoms with Crippen molar-refractivity contribution < 1.29 is 4.79 Å². The standard InChI is InChI=1S/C15H31NOS2/c1-2-3-4-5-6-7-8-9-10-11-13-18-19-14-12-16-15-17/h15H,2-14H2,1H3,(H,16,17). The molecule has 0 saturated heterocycles. The Labute approximate surface area is 127 Å². The summed E-state index contributed by atoms with van der Waals surface area (Å²) in [5.74, 6) is 2.27. The normalized spacial score (nSPS) is 10.6. The van der Waals surface area contributed by atoms with Crippen LogP contribution >= 0.6 is 21.6 Å². The molecule has 0 fully saturated rings. The third-order valence-corrected chi connectivity index (χ3v) is 5.57. The molecule has 0 aromatic heterocycles. The smallest absolute Gasteiger partial charge is 0.207 e. The first-order valence-corrected chi connectivity index (χ1v) is 10.3. The molecule has 19 heavy (non-hydrogen) atoms. The Kier molecular flexibility index (Phi) is 18.3. The van der Waals surface area contributed by atoms with Gasteiger partial charge in [-0.25, -0.2) is 0 Å². The lowest BCUT2D eigenvalue weighted by atomic mass is 10.1. The zero-order chi connectivity index (χ0) is 14.0. The molecule has 0 aliphatic carbocycles. The molecule has 0 spiro atoms. The summed E-state index contributed by atoms with van der Waals surface area (Å²) in [7, 11) is 3.81. The summed E-state index contributed by atoms with van der Waals surface area (Å²) in [6.07, 6.45) is 14.8. The van der Waals surface area contributed by atoms with Gasteiger partial charge in [0.2, 0.25) is 6.41 Å². The van der Waals surface area contributed by atoms with E-state index in [9.17, 15) is 4.79 Å². The van der Waals surface area contributed by atoms with Crippen LogP contribution < -0.4 is 5.32 Å². The van der Waals surface area contributed by atoms with Gasteiger partial charge in [0.15, 0.2) is 0 Å². The van der Waals surface area contributed by atoms with Crippen molar-refractivity contribution in [2.75, 3.05) is 18.1 Å². The van der Waals surface area contributed by atoms with E-state index in [2.05, 4.69) is 12.2 Å². The average Bonchev–Trinajstić information content (AvgIpc) is 2.43. The molecule has 114 valence electrons. The van der Waals surface area contributed by atoms with Gasteiger partial charge < -0.3 is 5.32 Å². The van der Waals surface area contributed by atoms with Crippen LogP contribution in [0.2, 0.25) is 0 Å². The quantitative estimate of drug-likeness (QED) is 0.246. The van der Waals surface area contributed by atoms with Crippen molar-refractivity contribution in [3.63, 3.8) is 0 Å². The van der Waals surface area contributed by atoms with E-state index in [-0.39, 0.29) is 0 Å². The van der Waals surface area contributed by atoms with Crippen molar-refractivity contribution in [1.82, 2.24) is 5.32 Å². The van der Waals surface area contributed by atoms with Crippen molar-refractivity contribution in [3.8, 4) is 0 Å². The first-order valence-electron chi connectivity index (χ1n) is 7.83. The van der Waals surface area contributed by atoms with Gasteiger partial charge in [-0.2, -0.15) is 0 Å². The average molecular weight is 306 g/mol. The van der Waals surface area contributed by atoms with Gasteiger partial charge in [-0.1, -0.05) is 86.3 Å². The molecule has 0 saturated carbocycles. The first-order chi connectivity index (χ1) is 9.41. The number of carbonyl (C=O) groups excluding carboxylic acids is 1. The molecule has 0 bridgehead atoms. The highest BCUT2D eigenvalue weighted by Gasteiger charge is 1.94. The van der Waals surface area contributed by atoms with Crippen LogP contribution in [0.5, 0.6) is 0 Å². The zero-order valence-corrected chi connectivity index (χ0v) is 14.1. The van der Waals surface area contributed by atoms with Crippen LogP contribution in [0.3, 0.4) is 0 Å². The number of rotatable bonds is 16. The number of hydrogen-bond donors (Lipinski definition) is 1. The second kappa shape index (κ2) is 18.2. The van der Waals surface area contributed by atoms with Crippen LogP contribution in [0.15, 0.2) is 0 Å². The van der Waals surface area contributed by atoms with Gasteiger partial charge in [-0.3, -0.25) is 4.79 Å². The highest BCUT2D eigenvalue weighted by atomic mass is 33.1. The molecular weight excluding hydrogens is 274 g/mol. The van der Waals surface area contributed by atoms with E-state index in [4.69, 9.17) is 0 Å². The van der Waals surface area contributed by atoms with E-state index in [1.807, 2.05) is 21.6 Å². The predicted octanol–water partition coefficient (Wildman–Crippen LogP) is 5.03. The Balaban J connectivity index is 2.89. The first kappa shape index (κ1) is 19.2. The minimum absolute atomic E-state index is 0.771. The molecule has 0 aliphatic heterocycles. The van der Waals surface area contributed by atoms with Gasteiger partial charge in [-0.15, -0.1) is 0 Å². The van der Waals surface area contributed by atoms with E-state index >= 15 is 0 Å². The topological polar surface area (TPSA) is 29.1 Å². The number of amides is 1.